The summed E-state index contributed by atoms with van der Waals surface area (Å²) in [5, 5.41) is 20.9. The molecule has 0 fully saturated rings. The lowest BCUT2D eigenvalue weighted by molar-refractivity contribution is -0.142. The Balaban J connectivity index is 2.51. The highest BCUT2D eigenvalue weighted by Crippen LogP contribution is 2.16. The first-order chi connectivity index (χ1) is 9.43. The molecule has 5 nitrogen and oxygen atoms in total. The van der Waals surface area contributed by atoms with E-state index in [0.717, 1.165) is 5.56 Å². The summed E-state index contributed by atoms with van der Waals surface area (Å²) in [4.78, 5) is 22.8. The molecular formula is C15H21NO4. The lowest BCUT2D eigenvalue weighted by atomic mass is 9.93. The molecule has 0 aromatic heterocycles. The lowest BCUT2D eigenvalue weighted by Crippen LogP contribution is -2.32. The molecule has 110 valence electrons. The van der Waals surface area contributed by atoms with Crippen LogP contribution in [0.25, 0.3) is 0 Å². The molecule has 0 spiro atoms. The number of aromatic hydroxyl groups is 1. The average Bonchev–Trinajstić information content (AvgIpc) is 2.43. The van der Waals surface area contributed by atoms with Crippen molar-refractivity contribution >= 4 is 11.9 Å². The molecule has 1 aromatic rings. The smallest absolute Gasteiger partial charge is 0.306 e. The molecule has 2 atom stereocenters. The monoisotopic (exact) mass is 279 g/mol. The van der Waals surface area contributed by atoms with Gasteiger partial charge in [-0.3, -0.25) is 9.59 Å². The van der Waals surface area contributed by atoms with Crippen LogP contribution in [0.5, 0.6) is 5.75 Å². The summed E-state index contributed by atoms with van der Waals surface area (Å²) >= 11 is 0. The molecule has 2 unspecified atom stereocenters. The van der Waals surface area contributed by atoms with E-state index in [9.17, 15) is 9.59 Å². The summed E-state index contributed by atoms with van der Waals surface area (Å²) in [6, 6.07) is 6.59. The Bertz CT molecular complexity index is 455. The molecule has 0 bridgehead atoms. The molecule has 1 amide bonds. The van der Waals surface area contributed by atoms with E-state index in [0.29, 0.717) is 19.4 Å². The molecule has 0 aliphatic carbocycles. The molecule has 1 aromatic carbocycles. The summed E-state index contributed by atoms with van der Waals surface area (Å²) in [6.07, 6.45) is 0.951. The molecule has 0 saturated heterocycles. The van der Waals surface area contributed by atoms with Crippen LogP contribution < -0.4 is 5.32 Å². The topological polar surface area (TPSA) is 86.6 Å². The minimum atomic E-state index is -0.880. The van der Waals surface area contributed by atoms with Crippen molar-refractivity contribution in [3.63, 3.8) is 0 Å². The van der Waals surface area contributed by atoms with Gasteiger partial charge in [0.1, 0.15) is 5.75 Å². The van der Waals surface area contributed by atoms with Gasteiger partial charge >= 0.3 is 5.97 Å². The molecule has 0 radical (unpaired) electrons. The van der Waals surface area contributed by atoms with Gasteiger partial charge in [-0.2, -0.15) is 0 Å². The van der Waals surface area contributed by atoms with E-state index in [4.69, 9.17) is 10.2 Å². The standard InChI is InChI=1S/C15H21NO4/c1-3-12(8-10(2)15(19)20)14(18)16-9-11-4-6-13(17)7-5-11/h4-7,10,12,17H,3,8-9H2,1-2H3,(H,16,18)(H,19,20). The van der Waals surface area contributed by atoms with Crippen molar-refractivity contribution in [2.24, 2.45) is 11.8 Å². The van der Waals surface area contributed by atoms with Gasteiger partial charge in [-0.15, -0.1) is 0 Å². The van der Waals surface area contributed by atoms with Crippen molar-refractivity contribution in [2.45, 2.75) is 33.2 Å². The van der Waals surface area contributed by atoms with E-state index in [1.165, 1.54) is 0 Å². The number of carbonyl (C=O) groups excluding carboxylic acids is 1. The van der Waals surface area contributed by atoms with Crippen molar-refractivity contribution in [1.82, 2.24) is 5.32 Å². The van der Waals surface area contributed by atoms with Gasteiger partial charge in [0.2, 0.25) is 5.91 Å². The van der Waals surface area contributed by atoms with Crippen molar-refractivity contribution in [2.75, 3.05) is 0 Å². The Kier molecular flexibility index (Phi) is 6.03. The van der Waals surface area contributed by atoms with E-state index in [-0.39, 0.29) is 17.6 Å². The highest BCUT2D eigenvalue weighted by atomic mass is 16.4. The molecule has 0 aliphatic heterocycles. The van der Waals surface area contributed by atoms with Crippen molar-refractivity contribution in [3.8, 4) is 5.75 Å². The predicted octanol–water partition coefficient (Wildman–Crippen LogP) is 2.15. The summed E-state index contributed by atoms with van der Waals surface area (Å²) in [7, 11) is 0. The zero-order valence-electron chi connectivity index (χ0n) is 11.8. The number of phenols is 1. The van der Waals surface area contributed by atoms with E-state index >= 15 is 0 Å². The summed E-state index contributed by atoms with van der Waals surface area (Å²) in [6.45, 7) is 3.86. The van der Waals surface area contributed by atoms with Gasteiger partial charge in [-0.25, -0.2) is 0 Å². The molecular weight excluding hydrogens is 258 g/mol. The third kappa shape index (κ3) is 4.91. The molecule has 0 heterocycles. The van der Waals surface area contributed by atoms with E-state index in [2.05, 4.69) is 5.32 Å². The molecule has 0 saturated carbocycles. The first kappa shape index (κ1) is 16.0. The van der Waals surface area contributed by atoms with E-state index in [1.807, 2.05) is 6.92 Å². The fourth-order valence-corrected chi connectivity index (χ4v) is 1.93. The van der Waals surface area contributed by atoms with Crippen LogP contribution in [0.15, 0.2) is 24.3 Å². The summed E-state index contributed by atoms with van der Waals surface area (Å²) < 4.78 is 0. The third-order valence-corrected chi connectivity index (χ3v) is 3.33. The Morgan fingerprint density at radius 3 is 2.35 bits per heavy atom. The van der Waals surface area contributed by atoms with Crippen LogP contribution in [0.4, 0.5) is 0 Å². The number of benzene rings is 1. The average molecular weight is 279 g/mol. The zero-order valence-corrected chi connectivity index (χ0v) is 11.8. The van der Waals surface area contributed by atoms with Crippen molar-refractivity contribution < 1.29 is 19.8 Å². The first-order valence-electron chi connectivity index (χ1n) is 6.72. The largest absolute Gasteiger partial charge is 0.508 e. The second-order valence-corrected chi connectivity index (χ2v) is 4.96. The molecule has 3 N–H and O–H groups in total. The molecule has 20 heavy (non-hydrogen) atoms. The Hall–Kier alpha value is -2.04. The maximum absolute atomic E-state index is 12.0. The number of carboxylic acids is 1. The zero-order chi connectivity index (χ0) is 15.1. The van der Waals surface area contributed by atoms with Crippen LogP contribution in [0.2, 0.25) is 0 Å². The van der Waals surface area contributed by atoms with Crippen molar-refractivity contribution in [1.29, 1.82) is 0 Å². The van der Waals surface area contributed by atoms with Gasteiger partial charge in [0.05, 0.1) is 5.92 Å². The lowest BCUT2D eigenvalue weighted by Gasteiger charge is -2.17. The number of aliphatic carboxylic acids is 1. The number of carbonyl (C=O) groups is 2. The Morgan fingerprint density at radius 1 is 1.25 bits per heavy atom. The number of rotatable bonds is 7. The fraction of sp³-hybridized carbons (Fsp3) is 0.467. The number of hydrogen-bond acceptors (Lipinski definition) is 3. The van der Waals surface area contributed by atoms with Crippen LogP contribution in [0, 0.1) is 11.8 Å². The molecule has 5 heteroatoms. The van der Waals surface area contributed by atoms with Gasteiger partial charge < -0.3 is 15.5 Å². The quantitative estimate of drug-likeness (QED) is 0.713. The fourth-order valence-electron chi connectivity index (χ4n) is 1.93. The van der Waals surface area contributed by atoms with Crippen LogP contribution in [0.1, 0.15) is 32.3 Å². The third-order valence-electron chi connectivity index (χ3n) is 3.33. The van der Waals surface area contributed by atoms with Gasteiger partial charge in [-0.1, -0.05) is 26.0 Å². The van der Waals surface area contributed by atoms with Gasteiger partial charge in [0.15, 0.2) is 0 Å². The predicted molar refractivity (Wildman–Crippen MR) is 75.2 cm³/mol. The van der Waals surface area contributed by atoms with E-state index in [1.54, 1.807) is 31.2 Å². The van der Waals surface area contributed by atoms with Gasteiger partial charge in [0, 0.05) is 12.5 Å². The minimum Gasteiger partial charge on any atom is -0.508 e. The molecule has 1 rings (SSSR count). The first-order valence-corrected chi connectivity index (χ1v) is 6.72. The van der Waals surface area contributed by atoms with Gasteiger partial charge in [-0.05, 0) is 30.5 Å². The van der Waals surface area contributed by atoms with Crippen LogP contribution in [-0.2, 0) is 16.1 Å². The highest BCUT2D eigenvalue weighted by molar-refractivity contribution is 5.79. The summed E-state index contributed by atoms with van der Waals surface area (Å²) in [5.41, 5.74) is 0.886. The Morgan fingerprint density at radius 2 is 1.85 bits per heavy atom. The number of hydrogen-bond donors (Lipinski definition) is 3. The molecule has 0 aliphatic rings. The second kappa shape index (κ2) is 7.53. The summed E-state index contributed by atoms with van der Waals surface area (Å²) in [5.74, 6) is -1.65. The number of phenolic OH excluding ortho intramolecular Hbond substituents is 1. The van der Waals surface area contributed by atoms with Crippen LogP contribution in [0.3, 0.4) is 0 Å². The maximum Gasteiger partial charge on any atom is 0.306 e. The minimum absolute atomic E-state index is 0.131. The number of amides is 1. The number of nitrogens with one attached hydrogen (secondary N) is 1. The van der Waals surface area contributed by atoms with Crippen LogP contribution in [-0.4, -0.2) is 22.1 Å². The van der Waals surface area contributed by atoms with Crippen LogP contribution >= 0.6 is 0 Å². The van der Waals surface area contributed by atoms with E-state index < -0.39 is 11.9 Å². The maximum atomic E-state index is 12.0. The number of carboxylic acid groups (broad SMARTS) is 1. The Labute approximate surface area is 118 Å². The van der Waals surface area contributed by atoms with Gasteiger partial charge in [0.25, 0.3) is 0 Å². The highest BCUT2D eigenvalue weighted by Gasteiger charge is 2.22. The SMILES string of the molecule is CCC(CC(C)C(=O)O)C(=O)NCc1ccc(O)cc1. The normalized spacial score (nSPS) is 13.5. The second-order valence-electron chi connectivity index (χ2n) is 4.96. The van der Waals surface area contributed by atoms with Crippen molar-refractivity contribution in [3.05, 3.63) is 29.8 Å².